The molecule has 1 aromatic heterocycles. The fourth-order valence-electron chi connectivity index (χ4n) is 2.64. The van der Waals surface area contributed by atoms with Crippen LogP contribution in [0.2, 0.25) is 5.02 Å². The van der Waals surface area contributed by atoms with Gasteiger partial charge in [0, 0.05) is 12.6 Å². The van der Waals surface area contributed by atoms with Gasteiger partial charge in [0.1, 0.15) is 0 Å². The summed E-state index contributed by atoms with van der Waals surface area (Å²) in [5, 5.41) is 9.04. The fourth-order valence-corrected chi connectivity index (χ4v) is 2.86. The first-order valence-electron chi connectivity index (χ1n) is 7.60. The molecule has 0 aliphatic heterocycles. The lowest BCUT2D eigenvalue weighted by Gasteiger charge is -2.17. The van der Waals surface area contributed by atoms with Gasteiger partial charge in [0.15, 0.2) is 0 Å². The number of hydrogen-bond donors (Lipinski definition) is 1. The van der Waals surface area contributed by atoms with Crippen LogP contribution < -0.4 is 5.32 Å². The molecular formula is C15H26ClN3. The molecule has 0 spiro atoms. The maximum atomic E-state index is 6.41. The van der Waals surface area contributed by atoms with Crippen molar-refractivity contribution in [1.29, 1.82) is 0 Å². The summed E-state index contributed by atoms with van der Waals surface area (Å²) >= 11 is 6.41. The Balaban J connectivity index is 2.01. The van der Waals surface area contributed by atoms with E-state index in [0.717, 1.165) is 36.3 Å². The van der Waals surface area contributed by atoms with Crippen LogP contribution in [0.25, 0.3) is 0 Å². The first kappa shape index (κ1) is 14.9. The number of nitrogens with one attached hydrogen (secondary N) is 1. The first-order chi connectivity index (χ1) is 9.15. The van der Waals surface area contributed by atoms with Gasteiger partial charge >= 0.3 is 0 Å². The highest BCUT2D eigenvalue weighted by Gasteiger charge is 2.23. The summed E-state index contributed by atoms with van der Waals surface area (Å²) < 4.78 is 2.07. The molecule has 1 atom stereocenters. The molecule has 0 aromatic carbocycles. The predicted octanol–water partition coefficient (Wildman–Crippen LogP) is 3.58. The Morgan fingerprint density at radius 1 is 1.42 bits per heavy atom. The molecule has 4 heteroatoms. The lowest BCUT2D eigenvalue weighted by atomic mass is 9.97. The zero-order valence-electron chi connectivity index (χ0n) is 12.4. The molecule has 1 unspecified atom stereocenters. The van der Waals surface area contributed by atoms with Crippen molar-refractivity contribution in [2.24, 2.45) is 5.92 Å². The quantitative estimate of drug-likeness (QED) is 0.790. The Hall–Kier alpha value is -0.540. The Morgan fingerprint density at radius 3 is 2.74 bits per heavy atom. The van der Waals surface area contributed by atoms with Gasteiger partial charge < -0.3 is 5.32 Å². The lowest BCUT2D eigenvalue weighted by molar-refractivity contribution is 0.423. The van der Waals surface area contributed by atoms with E-state index in [-0.39, 0.29) is 0 Å². The SMILES string of the molecule is CCCC(CNC1CC1)Cc1c(Cl)c(C)nn1CC. The smallest absolute Gasteiger partial charge is 0.0847 e. The molecule has 19 heavy (non-hydrogen) atoms. The summed E-state index contributed by atoms with van der Waals surface area (Å²) in [6.45, 7) is 8.40. The third-order valence-corrected chi connectivity index (χ3v) is 4.40. The van der Waals surface area contributed by atoms with Crippen LogP contribution in [-0.4, -0.2) is 22.4 Å². The van der Waals surface area contributed by atoms with Crippen LogP contribution in [0.5, 0.6) is 0 Å². The summed E-state index contributed by atoms with van der Waals surface area (Å²) in [7, 11) is 0. The van der Waals surface area contributed by atoms with Gasteiger partial charge in [-0.2, -0.15) is 5.10 Å². The number of hydrogen-bond acceptors (Lipinski definition) is 2. The minimum Gasteiger partial charge on any atom is -0.314 e. The van der Waals surface area contributed by atoms with Gasteiger partial charge in [-0.15, -0.1) is 0 Å². The molecule has 108 valence electrons. The minimum absolute atomic E-state index is 0.671. The van der Waals surface area contributed by atoms with Crippen molar-refractivity contribution in [3.8, 4) is 0 Å². The number of aryl methyl sites for hydroxylation is 2. The van der Waals surface area contributed by atoms with E-state index >= 15 is 0 Å². The van der Waals surface area contributed by atoms with Gasteiger partial charge in [-0.1, -0.05) is 24.9 Å². The van der Waals surface area contributed by atoms with Crippen LogP contribution in [0.1, 0.15) is 50.9 Å². The Morgan fingerprint density at radius 2 is 2.16 bits per heavy atom. The molecule has 1 fully saturated rings. The maximum absolute atomic E-state index is 6.41. The highest BCUT2D eigenvalue weighted by Crippen LogP contribution is 2.25. The monoisotopic (exact) mass is 283 g/mol. The first-order valence-corrected chi connectivity index (χ1v) is 7.98. The lowest BCUT2D eigenvalue weighted by Crippen LogP contribution is -2.26. The van der Waals surface area contributed by atoms with Crippen molar-refractivity contribution in [2.45, 2.75) is 65.5 Å². The van der Waals surface area contributed by atoms with E-state index in [2.05, 4.69) is 28.9 Å². The summed E-state index contributed by atoms with van der Waals surface area (Å²) in [4.78, 5) is 0. The van der Waals surface area contributed by atoms with E-state index < -0.39 is 0 Å². The number of rotatable bonds is 8. The predicted molar refractivity (Wildman–Crippen MR) is 80.8 cm³/mol. The molecule has 0 amide bonds. The highest BCUT2D eigenvalue weighted by molar-refractivity contribution is 6.31. The average molecular weight is 284 g/mol. The van der Waals surface area contributed by atoms with Crippen LogP contribution in [-0.2, 0) is 13.0 Å². The second-order valence-corrected chi connectivity index (χ2v) is 6.08. The molecule has 1 aromatic rings. The Bertz CT molecular complexity index is 410. The van der Waals surface area contributed by atoms with Crippen LogP contribution >= 0.6 is 11.6 Å². The van der Waals surface area contributed by atoms with Crippen LogP contribution in [0.4, 0.5) is 0 Å². The standard InChI is InChI=1S/C15H26ClN3/c1-4-6-12(10-17-13-7-8-13)9-14-15(16)11(3)18-19(14)5-2/h12-13,17H,4-10H2,1-3H3. The van der Waals surface area contributed by atoms with Crippen molar-refractivity contribution >= 4 is 11.6 Å². The number of nitrogens with zero attached hydrogens (tertiary/aromatic N) is 2. The number of halogens is 1. The van der Waals surface area contributed by atoms with E-state index in [1.807, 2.05) is 6.92 Å². The summed E-state index contributed by atoms with van der Waals surface area (Å²) in [5.41, 5.74) is 2.18. The van der Waals surface area contributed by atoms with Crippen LogP contribution in [0, 0.1) is 12.8 Å². The van der Waals surface area contributed by atoms with Crippen molar-refractivity contribution in [3.05, 3.63) is 16.4 Å². The zero-order valence-corrected chi connectivity index (χ0v) is 13.1. The molecule has 1 aliphatic rings. The molecule has 1 aliphatic carbocycles. The maximum Gasteiger partial charge on any atom is 0.0847 e. The topological polar surface area (TPSA) is 29.9 Å². The molecule has 1 saturated carbocycles. The fraction of sp³-hybridized carbons (Fsp3) is 0.800. The molecule has 2 rings (SSSR count). The Labute approximate surface area is 121 Å². The number of aromatic nitrogens is 2. The van der Waals surface area contributed by atoms with Gasteiger partial charge in [-0.3, -0.25) is 4.68 Å². The normalized spacial score (nSPS) is 16.8. The average Bonchev–Trinajstić information content (AvgIpc) is 3.18. The molecule has 3 nitrogen and oxygen atoms in total. The van der Waals surface area contributed by atoms with Gasteiger partial charge in [0.2, 0.25) is 0 Å². The van der Waals surface area contributed by atoms with E-state index in [4.69, 9.17) is 11.6 Å². The van der Waals surface area contributed by atoms with Crippen molar-refractivity contribution in [3.63, 3.8) is 0 Å². The van der Waals surface area contributed by atoms with Crippen LogP contribution in [0.3, 0.4) is 0 Å². The highest BCUT2D eigenvalue weighted by atomic mass is 35.5. The molecule has 1 N–H and O–H groups in total. The van der Waals surface area contributed by atoms with Crippen LogP contribution in [0.15, 0.2) is 0 Å². The van der Waals surface area contributed by atoms with E-state index in [1.165, 1.54) is 31.4 Å². The second-order valence-electron chi connectivity index (χ2n) is 5.70. The van der Waals surface area contributed by atoms with Gasteiger partial charge in [-0.05, 0) is 52.0 Å². The zero-order chi connectivity index (χ0) is 13.8. The second kappa shape index (κ2) is 6.76. The van der Waals surface area contributed by atoms with Crippen molar-refractivity contribution < 1.29 is 0 Å². The molecular weight excluding hydrogens is 258 g/mol. The van der Waals surface area contributed by atoms with E-state index in [9.17, 15) is 0 Å². The van der Waals surface area contributed by atoms with E-state index in [1.54, 1.807) is 0 Å². The molecule has 0 bridgehead atoms. The summed E-state index contributed by atoms with van der Waals surface area (Å²) in [6.07, 6.45) is 6.23. The van der Waals surface area contributed by atoms with E-state index in [0.29, 0.717) is 5.92 Å². The minimum atomic E-state index is 0.671. The summed E-state index contributed by atoms with van der Waals surface area (Å²) in [5.74, 6) is 0.671. The van der Waals surface area contributed by atoms with Crippen molar-refractivity contribution in [2.75, 3.05) is 6.54 Å². The van der Waals surface area contributed by atoms with Gasteiger partial charge in [0.25, 0.3) is 0 Å². The molecule has 0 saturated heterocycles. The molecule has 1 heterocycles. The van der Waals surface area contributed by atoms with Gasteiger partial charge in [-0.25, -0.2) is 0 Å². The third kappa shape index (κ3) is 3.96. The van der Waals surface area contributed by atoms with Crippen molar-refractivity contribution in [1.82, 2.24) is 15.1 Å². The third-order valence-electron chi connectivity index (χ3n) is 3.90. The van der Waals surface area contributed by atoms with Gasteiger partial charge in [0.05, 0.1) is 16.4 Å². The largest absolute Gasteiger partial charge is 0.314 e. The summed E-state index contributed by atoms with van der Waals surface area (Å²) in [6, 6.07) is 0.785. The Kier molecular flexibility index (Phi) is 5.28. The molecule has 0 radical (unpaired) electrons.